The van der Waals surface area contributed by atoms with Crippen LogP contribution in [0.4, 0.5) is 5.69 Å². The molecule has 0 saturated heterocycles. The van der Waals surface area contributed by atoms with E-state index in [1.165, 1.54) is 0 Å². The first-order valence-electron chi connectivity index (χ1n) is 9.78. The molecule has 1 aliphatic rings. The molecule has 0 spiro atoms. The van der Waals surface area contributed by atoms with E-state index in [2.05, 4.69) is 31.1 Å². The predicted molar refractivity (Wildman–Crippen MR) is 118 cm³/mol. The molecule has 3 aromatic rings. The van der Waals surface area contributed by atoms with Crippen molar-refractivity contribution in [3.8, 4) is 17.2 Å². The maximum atomic E-state index is 12.7. The maximum Gasteiger partial charge on any atom is 0.317 e. The van der Waals surface area contributed by atoms with Gasteiger partial charge >= 0.3 is 5.97 Å². The second kappa shape index (κ2) is 8.04. The minimum absolute atomic E-state index is 0.125. The molecule has 0 aliphatic carbocycles. The summed E-state index contributed by atoms with van der Waals surface area (Å²) in [5.41, 5.74) is 2.52. The monoisotopic (exact) mass is 436 g/mol. The maximum absolute atomic E-state index is 12.7. The number of ether oxygens (including phenoxy) is 2. The number of carbonyl (C=O) groups is 2. The Labute approximate surface area is 185 Å². The van der Waals surface area contributed by atoms with E-state index in [1.54, 1.807) is 42.6 Å². The zero-order valence-corrected chi connectivity index (χ0v) is 18.1. The van der Waals surface area contributed by atoms with Crippen molar-refractivity contribution in [2.45, 2.75) is 32.6 Å². The van der Waals surface area contributed by atoms with E-state index in [0.717, 1.165) is 5.56 Å². The summed E-state index contributed by atoms with van der Waals surface area (Å²) >= 11 is 6.22. The molecular weight excluding hydrogens is 416 g/mol. The third-order valence-electron chi connectivity index (χ3n) is 4.84. The van der Waals surface area contributed by atoms with Crippen molar-refractivity contribution in [3.63, 3.8) is 0 Å². The van der Waals surface area contributed by atoms with Crippen LogP contribution in [0.25, 0.3) is 0 Å². The van der Waals surface area contributed by atoms with Gasteiger partial charge in [0.1, 0.15) is 5.75 Å². The van der Waals surface area contributed by atoms with Crippen LogP contribution in [0.3, 0.4) is 0 Å². The van der Waals surface area contributed by atoms with Crippen molar-refractivity contribution in [1.29, 1.82) is 0 Å². The molecule has 0 atom stereocenters. The van der Waals surface area contributed by atoms with E-state index in [1.807, 2.05) is 12.1 Å². The van der Waals surface area contributed by atoms with Crippen LogP contribution in [0.2, 0.25) is 5.02 Å². The van der Waals surface area contributed by atoms with Gasteiger partial charge in [0.15, 0.2) is 11.5 Å². The number of aromatic nitrogens is 1. The highest BCUT2D eigenvalue weighted by molar-refractivity contribution is 6.31. The predicted octanol–water partition coefficient (Wildman–Crippen LogP) is 5.54. The number of benzene rings is 2. The molecule has 1 amide bonds. The van der Waals surface area contributed by atoms with Gasteiger partial charge in [0, 0.05) is 28.5 Å². The molecule has 0 saturated carbocycles. The van der Waals surface area contributed by atoms with Gasteiger partial charge in [-0.05, 0) is 53.4 Å². The minimum atomic E-state index is -0.354. The Bertz CT molecular complexity index is 1170. The summed E-state index contributed by atoms with van der Waals surface area (Å²) in [5, 5.41) is 3.39. The summed E-state index contributed by atoms with van der Waals surface area (Å²) in [6.45, 7) is 6.20. The van der Waals surface area contributed by atoms with Crippen LogP contribution in [0.1, 0.15) is 42.4 Å². The average molecular weight is 437 g/mol. The molecular formula is C24H21ClN2O4. The molecule has 1 aromatic heterocycles. The average Bonchev–Trinajstić information content (AvgIpc) is 3.09. The summed E-state index contributed by atoms with van der Waals surface area (Å²) in [7, 11) is 0. The first-order chi connectivity index (χ1) is 14.7. The topological polar surface area (TPSA) is 77.5 Å². The molecule has 1 N–H and O–H groups in total. The highest BCUT2D eigenvalue weighted by Gasteiger charge is 2.26. The molecule has 6 nitrogen and oxygen atoms in total. The highest BCUT2D eigenvalue weighted by atomic mass is 35.5. The summed E-state index contributed by atoms with van der Waals surface area (Å²) in [5.74, 6) is 0.696. The number of carbonyl (C=O) groups excluding carboxylic acids is 2. The van der Waals surface area contributed by atoms with E-state index >= 15 is 0 Å². The molecule has 0 fully saturated rings. The summed E-state index contributed by atoms with van der Waals surface area (Å²) < 4.78 is 11.0. The molecule has 158 valence electrons. The van der Waals surface area contributed by atoms with Gasteiger partial charge in [-0.1, -0.05) is 32.4 Å². The van der Waals surface area contributed by atoms with E-state index in [4.69, 9.17) is 21.1 Å². The van der Waals surface area contributed by atoms with Crippen LogP contribution >= 0.6 is 11.6 Å². The molecule has 1 aliphatic heterocycles. The second-order valence-corrected chi connectivity index (χ2v) is 8.73. The smallest absolute Gasteiger partial charge is 0.317 e. The molecule has 7 heteroatoms. The molecule has 0 unspecified atom stereocenters. The Morgan fingerprint density at radius 2 is 1.87 bits per heavy atom. The number of nitrogens with one attached hydrogen (secondary N) is 1. The van der Waals surface area contributed by atoms with Crippen molar-refractivity contribution >= 4 is 29.2 Å². The van der Waals surface area contributed by atoms with Crippen molar-refractivity contribution in [2.24, 2.45) is 0 Å². The number of pyridine rings is 1. The second-order valence-electron chi connectivity index (χ2n) is 8.29. The lowest BCUT2D eigenvalue weighted by molar-refractivity contribution is -0.131. The van der Waals surface area contributed by atoms with E-state index in [-0.39, 0.29) is 23.7 Å². The Morgan fingerprint density at radius 3 is 2.58 bits per heavy atom. The number of fused-ring (bicyclic) bond motifs is 1. The third kappa shape index (κ3) is 4.70. The zero-order valence-electron chi connectivity index (χ0n) is 17.4. The van der Waals surface area contributed by atoms with E-state index in [9.17, 15) is 9.59 Å². The number of hydrogen-bond donors (Lipinski definition) is 1. The fourth-order valence-corrected chi connectivity index (χ4v) is 3.40. The summed E-state index contributed by atoms with van der Waals surface area (Å²) in [6.07, 6.45) is 1.71. The SMILES string of the molecule is CC(C)(C)c1cc(Cl)cc(C(=O)Nc2ccc(Oc3ccnc4c3OC(=O)C4)cc2)c1. The fourth-order valence-electron chi connectivity index (χ4n) is 3.16. The summed E-state index contributed by atoms with van der Waals surface area (Å²) in [6, 6.07) is 13.9. The number of nitrogens with zero attached hydrogens (tertiary/aromatic N) is 1. The van der Waals surface area contributed by atoms with Crippen LogP contribution in [-0.2, 0) is 16.6 Å². The lowest BCUT2D eigenvalue weighted by Crippen LogP contribution is -2.16. The first-order valence-corrected chi connectivity index (χ1v) is 10.2. The standard InChI is InChI=1S/C24H21ClN2O4/c1-24(2,3)15-10-14(11-16(25)12-15)23(29)27-17-4-6-18(7-5-17)30-20-8-9-26-19-13-21(28)31-22(19)20/h4-12H,13H2,1-3H3,(H,27,29). The van der Waals surface area contributed by atoms with Crippen LogP contribution in [0.15, 0.2) is 54.7 Å². The van der Waals surface area contributed by atoms with Gasteiger partial charge in [0.05, 0.1) is 12.1 Å². The quantitative estimate of drug-likeness (QED) is 0.543. The Kier molecular flexibility index (Phi) is 5.41. The van der Waals surface area contributed by atoms with Gasteiger partial charge in [-0.25, -0.2) is 0 Å². The summed E-state index contributed by atoms with van der Waals surface area (Å²) in [4.78, 5) is 28.4. The molecule has 0 bridgehead atoms. The van der Waals surface area contributed by atoms with Gasteiger partial charge in [-0.2, -0.15) is 0 Å². The van der Waals surface area contributed by atoms with Gasteiger partial charge in [0.25, 0.3) is 5.91 Å². The Balaban J connectivity index is 1.48. The van der Waals surface area contributed by atoms with E-state index in [0.29, 0.717) is 39.2 Å². The normalized spacial score (nSPS) is 12.8. The van der Waals surface area contributed by atoms with E-state index < -0.39 is 0 Å². The van der Waals surface area contributed by atoms with Crippen LogP contribution in [0.5, 0.6) is 17.2 Å². The minimum Gasteiger partial charge on any atom is -0.453 e. The fraction of sp³-hybridized carbons (Fsp3) is 0.208. The largest absolute Gasteiger partial charge is 0.453 e. The third-order valence-corrected chi connectivity index (χ3v) is 5.05. The van der Waals surface area contributed by atoms with Gasteiger partial charge in [0.2, 0.25) is 0 Å². The van der Waals surface area contributed by atoms with Crippen molar-refractivity contribution in [3.05, 3.63) is 76.6 Å². The number of esters is 1. The first kappa shape index (κ1) is 20.9. The number of amides is 1. The highest BCUT2D eigenvalue weighted by Crippen LogP contribution is 2.37. The lowest BCUT2D eigenvalue weighted by Gasteiger charge is -2.20. The molecule has 2 heterocycles. The number of rotatable bonds is 4. The molecule has 0 radical (unpaired) electrons. The van der Waals surface area contributed by atoms with Crippen LogP contribution in [-0.4, -0.2) is 16.9 Å². The number of hydrogen-bond acceptors (Lipinski definition) is 5. The van der Waals surface area contributed by atoms with Gasteiger partial charge in [-0.3, -0.25) is 14.6 Å². The Hall–Kier alpha value is -3.38. The van der Waals surface area contributed by atoms with Crippen LogP contribution in [0, 0.1) is 0 Å². The van der Waals surface area contributed by atoms with Gasteiger partial charge in [-0.15, -0.1) is 0 Å². The lowest BCUT2D eigenvalue weighted by atomic mass is 9.86. The molecule has 2 aromatic carbocycles. The number of halogens is 1. The van der Waals surface area contributed by atoms with Gasteiger partial charge < -0.3 is 14.8 Å². The number of anilines is 1. The van der Waals surface area contributed by atoms with Crippen molar-refractivity contribution in [1.82, 2.24) is 4.98 Å². The van der Waals surface area contributed by atoms with Crippen LogP contribution < -0.4 is 14.8 Å². The zero-order chi connectivity index (χ0) is 22.2. The molecule has 31 heavy (non-hydrogen) atoms. The Morgan fingerprint density at radius 1 is 1.13 bits per heavy atom. The van der Waals surface area contributed by atoms with Crippen molar-refractivity contribution in [2.75, 3.05) is 5.32 Å². The van der Waals surface area contributed by atoms with Crippen molar-refractivity contribution < 1.29 is 19.1 Å². The molecule has 4 rings (SSSR count).